The highest BCUT2D eigenvalue weighted by Crippen LogP contribution is 2.45. The van der Waals surface area contributed by atoms with E-state index in [0.717, 1.165) is 193 Å². The lowest BCUT2D eigenvalue weighted by Crippen LogP contribution is -2.30. The Morgan fingerprint density at radius 2 is 0.530 bits per heavy atom. The number of carbonyl (C=O) groups excluding carboxylic acids is 4. The van der Waals surface area contributed by atoms with E-state index in [-0.39, 0.29) is 25.7 Å². The Morgan fingerprint density at radius 3 is 0.840 bits per heavy atom. The van der Waals surface area contributed by atoms with Crippen LogP contribution in [-0.4, -0.2) is 96.7 Å². The average molecular weight is 1450 g/mol. The highest BCUT2D eigenvalue weighted by molar-refractivity contribution is 7.47. The third kappa shape index (κ3) is 72.1. The number of esters is 4. The first-order chi connectivity index (χ1) is 48.7. The van der Waals surface area contributed by atoms with Crippen LogP contribution in [0.4, 0.5) is 0 Å². The van der Waals surface area contributed by atoms with E-state index in [1.54, 1.807) is 0 Å². The molecule has 0 amide bonds. The molecule has 0 saturated heterocycles. The molecule has 0 heterocycles. The fourth-order valence-corrected chi connectivity index (χ4v) is 11.8. The zero-order valence-corrected chi connectivity index (χ0v) is 64.6. The maximum Gasteiger partial charge on any atom is 0.472 e. The van der Waals surface area contributed by atoms with Crippen LogP contribution in [0.25, 0.3) is 0 Å². The van der Waals surface area contributed by atoms with Crippen LogP contribution in [0.1, 0.15) is 323 Å². The van der Waals surface area contributed by atoms with Crippen LogP contribution in [0, 0.1) is 0 Å². The van der Waals surface area contributed by atoms with Crippen LogP contribution in [-0.2, 0) is 65.4 Å². The van der Waals surface area contributed by atoms with Gasteiger partial charge in [-0.3, -0.25) is 37.3 Å². The Kier molecular flexibility index (Phi) is 69.9. The third-order valence-electron chi connectivity index (χ3n) is 16.2. The van der Waals surface area contributed by atoms with Gasteiger partial charge in [-0.1, -0.05) is 259 Å². The second kappa shape index (κ2) is 73.0. The summed E-state index contributed by atoms with van der Waals surface area (Å²) in [5.41, 5.74) is 0. The highest BCUT2D eigenvalue weighted by atomic mass is 31.2. The summed E-state index contributed by atoms with van der Waals surface area (Å²) in [6.07, 6.45) is 77.8. The number of hydrogen-bond donors (Lipinski definition) is 3. The molecule has 19 heteroatoms. The van der Waals surface area contributed by atoms with Gasteiger partial charge in [0.25, 0.3) is 0 Å². The number of carbonyl (C=O) groups is 4. The standard InChI is InChI=1S/C81H140O17P2/c1-5-9-13-17-21-25-29-32-35-36-37-38-41-43-47-50-54-58-62-66-79(84)92-72-77(98-81(86)68-64-60-56-52-48-44-40-34-31-27-23-19-15-11-7-3)74-96-100(89,90)94-70-75(82)69-93-99(87,88)95-73-76(97-80(85)67-63-59-55-51-45-28-24-20-16-12-8-4)71-91-78(83)65-61-57-53-49-46-42-39-33-30-26-22-18-14-10-6-2/h9,13,20-27,32-35,37-40,75-77,82H,5-8,10-12,14-19,28-31,36,41-74H2,1-4H3,(H,87,88)(H,89,90)/b13-9-,24-20-,25-21-,26-22-,27-23-,35-32-,38-37-,39-33-,40-34-. The predicted octanol–water partition coefficient (Wildman–Crippen LogP) is 22.6. The number of phosphoric ester groups is 2. The Bertz CT molecular complexity index is 2320. The van der Waals surface area contributed by atoms with E-state index in [1.165, 1.54) is 51.4 Å². The van der Waals surface area contributed by atoms with Gasteiger partial charge in [-0.05, 0) is 148 Å². The summed E-state index contributed by atoms with van der Waals surface area (Å²) in [6.45, 7) is 4.63. The summed E-state index contributed by atoms with van der Waals surface area (Å²) in [7, 11) is -9.96. The maximum atomic E-state index is 13.1. The van der Waals surface area contributed by atoms with Crippen LogP contribution >= 0.6 is 15.6 Å². The zero-order valence-electron chi connectivity index (χ0n) is 62.8. The molecule has 0 aromatic rings. The summed E-state index contributed by atoms with van der Waals surface area (Å²) in [4.78, 5) is 72.9. The lowest BCUT2D eigenvalue weighted by atomic mass is 10.1. The molecule has 0 aromatic carbocycles. The Morgan fingerprint density at radius 1 is 0.290 bits per heavy atom. The lowest BCUT2D eigenvalue weighted by molar-refractivity contribution is -0.161. The lowest BCUT2D eigenvalue weighted by Gasteiger charge is -2.21. The topological polar surface area (TPSA) is 237 Å². The SMILES string of the molecule is CC/C=C\C/C=C\C/C=C\C/C=C\CCCCCCCCC(=O)OCC(COP(=O)(O)OCC(O)COP(=O)(O)OCC(COC(=O)CCCCCCC/C=C\C/C=C\CCCCC)OC(=O)CCCCCCC/C=C\CCCC)OC(=O)CCCCCCC/C=C\C/C=C\CCCCC. The van der Waals surface area contributed by atoms with Crippen molar-refractivity contribution in [3.63, 3.8) is 0 Å². The third-order valence-corrected chi connectivity index (χ3v) is 18.1. The van der Waals surface area contributed by atoms with Crippen molar-refractivity contribution in [2.24, 2.45) is 0 Å². The minimum Gasteiger partial charge on any atom is -0.462 e. The Balaban J connectivity index is 5.35. The van der Waals surface area contributed by atoms with Crippen molar-refractivity contribution in [2.75, 3.05) is 39.6 Å². The van der Waals surface area contributed by atoms with E-state index < -0.39 is 97.5 Å². The smallest absolute Gasteiger partial charge is 0.462 e. The zero-order chi connectivity index (χ0) is 73.2. The molecule has 0 aromatic heterocycles. The number of aliphatic hydroxyl groups is 1. The summed E-state index contributed by atoms with van der Waals surface area (Å²) in [6, 6.07) is 0. The molecule has 0 aliphatic carbocycles. The van der Waals surface area contributed by atoms with Crippen molar-refractivity contribution in [3.05, 3.63) is 109 Å². The van der Waals surface area contributed by atoms with Gasteiger partial charge in [0, 0.05) is 25.7 Å². The number of aliphatic hydroxyl groups excluding tert-OH is 1. The van der Waals surface area contributed by atoms with Crippen LogP contribution in [0.3, 0.4) is 0 Å². The van der Waals surface area contributed by atoms with Crippen molar-refractivity contribution in [3.8, 4) is 0 Å². The first-order valence-electron chi connectivity index (χ1n) is 39.1. The van der Waals surface area contributed by atoms with Gasteiger partial charge in [0.05, 0.1) is 26.4 Å². The number of unbranched alkanes of at least 4 members (excludes halogenated alkanes) is 29. The summed E-state index contributed by atoms with van der Waals surface area (Å²) in [5, 5.41) is 10.6. The second-order valence-electron chi connectivity index (χ2n) is 25.9. The van der Waals surface area contributed by atoms with Crippen LogP contribution in [0.5, 0.6) is 0 Å². The van der Waals surface area contributed by atoms with Crippen molar-refractivity contribution in [2.45, 2.75) is 341 Å². The average Bonchev–Trinajstić information content (AvgIpc) is 0.985. The van der Waals surface area contributed by atoms with Gasteiger partial charge < -0.3 is 33.8 Å². The first kappa shape index (κ1) is 95.7. The van der Waals surface area contributed by atoms with Gasteiger partial charge in [-0.2, -0.15) is 0 Å². The second-order valence-corrected chi connectivity index (χ2v) is 28.8. The monoisotopic (exact) mass is 1450 g/mol. The summed E-state index contributed by atoms with van der Waals surface area (Å²) in [5.74, 6) is -2.22. The quantitative estimate of drug-likeness (QED) is 0.0169. The van der Waals surface area contributed by atoms with E-state index in [4.69, 9.17) is 37.0 Å². The molecule has 0 radical (unpaired) electrons. The highest BCUT2D eigenvalue weighted by Gasteiger charge is 2.30. The van der Waals surface area contributed by atoms with Gasteiger partial charge in [0.2, 0.25) is 0 Å². The number of hydrogen-bond acceptors (Lipinski definition) is 15. The Hall–Kier alpha value is -4.28. The molecule has 0 aliphatic rings. The number of allylic oxidation sites excluding steroid dienone is 18. The molecule has 5 unspecified atom stereocenters. The first-order valence-corrected chi connectivity index (χ1v) is 42.1. The molecule has 0 fully saturated rings. The normalized spacial score (nSPS) is 14.5. The van der Waals surface area contributed by atoms with Crippen LogP contribution in [0.2, 0.25) is 0 Å². The van der Waals surface area contributed by atoms with E-state index >= 15 is 0 Å². The van der Waals surface area contributed by atoms with E-state index in [0.29, 0.717) is 25.7 Å². The molecule has 0 rings (SSSR count). The molecule has 0 bridgehead atoms. The van der Waals surface area contributed by atoms with Crippen molar-refractivity contribution >= 4 is 39.5 Å². The Labute approximate surface area is 607 Å². The summed E-state index contributed by atoms with van der Waals surface area (Å²) >= 11 is 0. The molecular weight excluding hydrogens is 1310 g/mol. The summed E-state index contributed by atoms with van der Waals surface area (Å²) < 4.78 is 68.5. The van der Waals surface area contributed by atoms with Gasteiger partial charge >= 0.3 is 39.5 Å². The molecule has 0 spiro atoms. The van der Waals surface area contributed by atoms with Gasteiger partial charge in [0.15, 0.2) is 12.2 Å². The molecule has 5 atom stereocenters. The molecule has 3 N–H and O–H groups in total. The minimum atomic E-state index is -4.98. The molecule has 0 saturated carbocycles. The van der Waals surface area contributed by atoms with Gasteiger partial charge in [0.1, 0.15) is 19.3 Å². The predicted molar refractivity (Wildman–Crippen MR) is 408 cm³/mol. The number of phosphoric acid groups is 2. The van der Waals surface area contributed by atoms with Crippen molar-refractivity contribution in [1.29, 1.82) is 0 Å². The van der Waals surface area contributed by atoms with Crippen LogP contribution in [0.15, 0.2) is 109 Å². The molecule has 17 nitrogen and oxygen atoms in total. The molecule has 0 aliphatic heterocycles. The molecule has 576 valence electrons. The molecular formula is C81H140O17P2. The van der Waals surface area contributed by atoms with E-state index in [2.05, 4.69) is 137 Å². The maximum absolute atomic E-state index is 13.1. The van der Waals surface area contributed by atoms with E-state index in [9.17, 15) is 43.2 Å². The molecule has 100 heavy (non-hydrogen) atoms. The fourth-order valence-electron chi connectivity index (χ4n) is 10.2. The fraction of sp³-hybridized carbons (Fsp3) is 0.728. The number of rotatable bonds is 73. The van der Waals surface area contributed by atoms with Crippen LogP contribution < -0.4 is 0 Å². The largest absolute Gasteiger partial charge is 0.472 e. The van der Waals surface area contributed by atoms with Crippen molar-refractivity contribution < 1.29 is 80.2 Å². The van der Waals surface area contributed by atoms with Crippen molar-refractivity contribution in [1.82, 2.24) is 0 Å². The van der Waals surface area contributed by atoms with E-state index in [1.807, 2.05) is 0 Å². The minimum absolute atomic E-state index is 0.0742. The van der Waals surface area contributed by atoms with Gasteiger partial charge in [-0.15, -0.1) is 0 Å². The van der Waals surface area contributed by atoms with Gasteiger partial charge in [-0.25, -0.2) is 9.13 Å². The number of ether oxygens (including phenoxy) is 4.